The van der Waals surface area contributed by atoms with Gasteiger partial charge in [0.1, 0.15) is 6.61 Å². The van der Waals surface area contributed by atoms with Gasteiger partial charge in [0.25, 0.3) is 0 Å². The summed E-state index contributed by atoms with van der Waals surface area (Å²) in [6.45, 7) is 0.386. The molecule has 0 unspecified atom stereocenters. The second-order valence-electron chi connectivity index (χ2n) is 5.62. The van der Waals surface area contributed by atoms with Crippen LogP contribution in [0.25, 0.3) is 0 Å². The zero-order valence-electron chi connectivity index (χ0n) is 12.9. The normalized spacial score (nSPS) is 14.9. The van der Waals surface area contributed by atoms with Gasteiger partial charge in [-0.25, -0.2) is 0 Å². The predicted molar refractivity (Wildman–Crippen MR) is 86.3 cm³/mol. The molecule has 3 N–H and O–H groups in total. The Hall–Kier alpha value is -2.60. The third-order valence-electron chi connectivity index (χ3n) is 3.81. The summed E-state index contributed by atoms with van der Waals surface area (Å²) in [6.07, 6.45) is 4.87. The van der Waals surface area contributed by atoms with Crippen LogP contribution in [0.1, 0.15) is 18.4 Å². The molecule has 3 rings (SSSR count). The number of carbonyl (C=O) groups is 1. The Bertz CT molecular complexity index is 699. The first-order valence-corrected chi connectivity index (χ1v) is 7.41. The lowest BCUT2D eigenvalue weighted by Crippen LogP contribution is -2.37. The molecule has 1 fully saturated rings. The van der Waals surface area contributed by atoms with Gasteiger partial charge >= 0.3 is 0 Å². The van der Waals surface area contributed by atoms with Gasteiger partial charge in [0.05, 0.1) is 12.6 Å². The smallest absolute Gasteiger partial charge is 0.244 e. The van der Waals surface area contributed by atoms with Crippen LogP contribution in [0.15, 0.2) is 42.7 Å². The Morgan fingerprint density at radius 2 is 2.00 bits per heavy atom. The first kappa shape index (κ1) is 15.3. The molecule has 0 saturated heterocycles. The minimum Gasteiger partial charge on any atom is -0.493 e. The largest absolute Gasteiger partial charge is 0.493 e. The van der Waals surface area contributed by atoms with Crippen molar-refractivity contribution < 1.29 is 14.3 Å². The fraction of sp³-hybridized carbons (Fsp3) is 0.294. The first-order valence-electron chi connectivity index (χ1n) is 7.41. The number of amides is 1. The number of pyridine rings is 1. The molecule has 1 saturated carbocycles. The molecule has 1 aromatic carbocycles. The zero-order chi connectivity index (χ0) is 16.3. The summed E-state index contributed by atoms with van der Waals surface area (Å²) >= 11 is 0. The van der Waals surface area contributed by atoms with Gasteiger partial charge in [0, 0.05) is 24.1 Å². The molecule has 1 aromatic heterocycles. The summed E-state index contributed by atoms with van der Waals surface area (Å²) in [6, 6.07) is 9.02. The van der Waals surface area contributed by atoms with E-state index in [0.29, 0.717) is 23.8 Å². The van der Waals surface area contributed by atoms with Gasteiger partial charge in [-0.05, 0) is 42.7 Å². The van der Waals surface area contributed by atoms with E-state index in [4.69, 9.17) is 15.2 Å². The molecule has 1 aliphatic carbocycles. The lowest BCUT2D eigenvalue weighted by molar-refractivity contribution is -0.118. The third kappa shape index (κ3) is 3.60. The van der Waals surface area contributed by atoms with E-state index in [0.717, 1.165) is 18.4 Å². The number of aromatic nitrogens is 1. The maximum Gasteiger partial charge on any atom is 0.244 e. The molecule has 0 spiro atoms. The van der Waals surface area contributed by atoms with Gasteiger partial charge in [-0.1, -0.05) is 0 Å². The second-order valence-corrected chi connectivity index (χ2v) is 5.62. The van der Waals surface area contributed by atoms with E-state index in [9.17, 15) is 4.79 Å². The van der Waals surface area contributed by atoms with Crippen LogP contribution in [-0.2, 0) is 11.4 Å². The lowest BCUT2D eigenvalue weighted by atomic mass is 10.2. The number of hydrogen-bond donors (Lipinski definition) is 2. The Morgan fingerprint density at radius 3 is 2.65 bits per heavy atom. The number of benzene rings is 1. The zero-order valence-corrected chi connectivity index (χ0v) is 12.9. The second kappa shape index (κ2) is 6.26. The topological polar surface area (TPSA) is 86.5 Å². The van der Waals surface area contributed by atoms with Gasteiger partial charge < -0.3 is 20.5 Å². The third-order valence-corrected chi connectivity index (χ3v) is 3.81. The van der Waals surface area contributed by atoms with Crippen molar-refractivity contribution in [3.63, 3.8) is 0 Å². The number of nitrogens with zero attached hydrogens (tertiary/aromatic N) is 1. The number of nitrogens with one attached hydrogen (secondary N) is 1. The van der Waals surface area contributed by atoms with Crippen molar-refractivity contribution in [2.45, 2.75) is 25.0 Å². The predicted octanol–water partition coefficient (Wildman–Crippen LogP) is 2.10. The van der Waals surface area contributed by atoms with Crippen LogP contribution in [-0.4, -0.2) is 23.5 Å². The van der Waals surface area contributed by atoms with Crippen LogP contribution in [0.2, 0.25) is 0 Å². The lowest BCUT2D eigenvalue weighted by Gasteiger charge is -2.14. The molecule has 0 bridgehead atoms. The standard InChI is InChI=1S/C17H19N3O3/c1-22-14-3-2-13(20-16(21)17(18)6-7-17)10-15(14)23-11-12-4-8-19-9-5-12/h2-5,8-10H,6-7,11,18H2,1H3,(H,20,21). The van der Waals surface area contributed by atoms with E-state index in [1.165, 1.54) is 0 Å². The highest BCUT2D eigenvalue weighted by atomic mass is 16.5. The molecule has 2 aromatic rings. The molecule has 120 valence electrons. The van der Waals surface area contributed by atoms with Gasteiger partial charge in [-0.3, -0.25) is 9.78 Å². The SMILES string of the molecule is COc1ccc(NC(=O)C2(N)CC2)cc1OCc1ccncc1. The highest BCUT2D eigenvalue weighted by Crippen LogP contribution is 2.35. The summed E-state index contributed by atoms with van der Waals surface area (Å²) in [5.41, 5.74) is 6.81. The van der Waals surface area contributed by atoms with Crippen molar-refractivity contribution in [1.29, 1.82) is 0 Å². The molecule has 23 heavy (non-hydrogen) atoms. The molecule has 6 heteroatoms. The van der Waals surface area contributed by atoms with E-state index in [2.05, 4.69) is 10.3 Å². The van der Waals surface area contributed by atoms with Crippen molar-refractivity contribution in [3.05, 3.63) is 48.3 Å². The summed E-state index contributed by atoms with van der Waals surface area (Å²) in [7, 11) is 1.58. The number of hydrogen-bond acceptors (Lipinski definition) is 5. The van der Waals surface area contributed by atoms with Crippen molar-refractivity contribution in [2.75, 3.05) is 12.4 Å². The number of carbonyl (C=O) groups excluding carboxylic acids is 1. The van der Waals surface area contributed by atoms with Gasteiger partial charge in [-0.15, -0.1) is 0 Å². The number of rotatable bonds is 6. The van der Waals surface area contributed by atoms with Crippen LogP contribution in [0.5, 0.6) is 11.5 Å². The maximum atomic E-state index is 12.0. The highest BCUT2D eigenvalue weighted by molar-refractivity contribution is 6.00. The highest BCUT2D eigenvalue weighted by Gasteiger charge is 2.45. The molecule has 1 aliphatic rings. The molecule has 1 amide bonds. The maximum absolute atomic E-state index is 12.0. The van der Waals surface area contributed by atoms with Crippen molar-refractivity contribution in [1.82, 2.24) is 4.98 Å². The summed E-state index contributed by atoms with van der Waals surface area (Å²) in [5, 5.41) is 2.82. The van der Waals surface area contributed by atoms with E-state index < -0.39 is 5.54 Å². The Labute approximate surface area is 134 Å². The monoisotopic (exact) mass is 313 g/mol. The van der Waals surface area contributed by atoms with Gasteiger partial charge in [0.15, 0.2) is 11.5 Å². The molecule has 0 aliphatic heterocycles. The number of nitrogens with two attached hydrogens (primary N) is 1. The van der Waals surface area contributed by atoms with E-state index in [1.807, 2.05) is 12.1 Å². The van der Waals surface area contributed by atoms with E-state index >= 15 is 0 Å². The number of methoxy groups -OCH3 is 1. The fourth-order valence-electron chi connectivity index (χ4n) is 2.12. The summed E-state index contributed by atoms with van der Waals surface area (Å²) in [5.74, 6) is 0.998. The quantitative estimate of drug-likeness (QED) is 0.853. The summed E-state index contributed by atoms with van der Waals surface area (Å²) in [4.78, 5) is 16.0. The van der Waals surface area contributed by atoms with Crippen molar-refractivity contribution >= 4 is 11.6 Å². The Morgan fingerprint density at radius 1 is 1.26 bits per heavy atom. The van der Waals surface area contributed by atoms with E-state index in [-0.39, 0.29) is 5.91 Å². The molecular weight excluding hydrogens is 294 g/mol. The van der Waals surface area contributed by atoms with Crippen LogP contribution in [0.4, 0.5) is 5.69 Å². The van der Waals surface area contributed by atoms with Crippen molar-refractivity contribution in [2.24, 2.45) is 5.73 Å². The molecule has 0 atom stereocenters. The molecular formula is C17H19N3O3. The average molecular weight is 313 g/mol. The number of ether oxygens (including phenoxy) is 2. The minimum absolute atomic E-state index is 0.164. The van der Waals surface area contributed by atoms with Crippen LogP contribution >= 0.6 is 0 Å². The number of anilines is 1. The van der Waals surface area contributed by atoms with Crippen LogP contribution in [0, 0.1) is 0 Å². The molecule has 6 nitrogen and oxygen atoms in total. The summed E-state index contributed by atoms with van der Waals surface area (Å²) < 4.78 is 11.1. The first-order chi connectivity index (χ1) is 11.1. The van der Waals surface area contributed by atoms with Gasteiger partial charge in [0.2, 0.25) is 5.91 Å². The Balaban J connectivity index is 1.72. The molecule has 0 radical (unpaired) electrons. The minimum atomic E-state index is -0.710. The van der Waals surface area contributed by atoms with Crippen LogP contribution < -0.4 is 20.5 Å². The van der Waals surface area contributed by atoms with Crippen LogP contribution in [0.3, 0.4) is 0 Å². The molecule has 1 heterocycles. The van der Waals surface area contributed by atoms with Gasteiger partial charge in [-0.2, -0.15) is 0 Å². The Kier molecular flexibility index (Phi) is 4.16. The fourth-order valence-corrected chi connectivity index (χ4v) is 2.12. The average Bonchev–Trinajstić information content (AvgIpc) is 3.33. The van der Waals surface area contributed by atoms with Crippen molar-refractivity contribution in [3.8, 4) is 11.5 Å². The van der Waals surface area contributed by atoms with E-state index in [1.54, 1.807) is 37.7 Å².